The van der Waals surface area contributed by atoms with Gasteiger partial charge in [0.1, 0.15) is 5.60 Å². The van der Waals surface area contributed by atoms with Gasteiger partial charge in [0.2, 0.25) is 0 Å². The summed E-state index contributed by atoms with van der Waals surface area (Å²) in [5.41, 5.74) is 5.73. The molecule has 2 N–H and O–H groups in total. The molecule has 2 fully saturated rings. The van der Waals surface area contributed by atoms with Crippen molar-refractivity contribution >= 4 is 6.09 Å². The molecule has 20 heavy (non-hydrogen) atoms. The Hall–Kier alpha value is -0.810. The molecule has 5 nitrogen and oxygen atoms in total. The number of rotatable bonds is 1. The van der Waals surface area contributed by atoms with Crippen molar-refractivity contribution < 1.29 is 14.3 Å². The fourth-order valence-electron chi connectivity index (χ4n) is 3.19. The van der Waals surface area contributed by atoms with E-state index >= 15 is 0 Å². The van der Waals surface area contributed by atoms with E-state index < -0.39 is 5.60 Å². The average molecular weight is 284 g/mol. The topological polar surface area (TPSA) is 64.8 Å². The summed E-state index contributed by atoms with van der Waals surface area (Å²) in [7, 11) is 0. The molecule has 0 bridgehead atoms. The number of hydrogen-bond acceptors (Lipinski definition) is 4. The molecule has 1 amide bonds. The van der Waals surface area contributed by atoms with Crippen LogP contribution in [0.15, 0.2) is 0 Å². The lowest BCUT2D eigenvalue weighted by molar-refractivity contribution is -0.00932. The van der Waals surface area contributed by atoms with Crippen LogP contribution in [0, 0.1) is 11.8 Å². The summed E-state index contributed by atoms with van der Waals surface area (Å²) in [4.78, 5) is 13.8. The molecule has 0 aromatic carbocycles. The number of nitrogens with two attached hydrogens (primary N) is 1. The Balaban J connectivity index is 1.87. The summed E-state index contributed by atoms with van der Waals surface area (Å²) in [5, 5.41) is 0. The van der Waals surface area contributed by atoms with Gasteiger partial charge in [-0.3, -0.25) is 4.90 Å². The van der Waals surface area contributed by atoms with E-state index in [1.54, 1.807) is 4.90 Å². The largest absolute Gasteiger partial charge is 0.444 e. The zero-order valence-corrected chi connectivity index (χ0v) is 12.9. The third-order valence-corrected chi connectivity index (χ3v) is 4.25. The number of hydrogen-bond donors (Lipinski definition) is 1. The second kappa shape index (κ2) is 6.31. The van der Waals surface area contributed by atoms with Gasteiger partial charge >= 0.3 is 6.09 Å². The van der Waals surface area contributed by atoms with Crippen LogP contribution < -0.4 is 5.73 Å². The molecule has 0 aromatic rings. The number of likely N-dealkylation sites (tertiary alicyclic amines) is 1. The lowest BCUT2D eigenvalue weighted by Crippen LogP contribution is -2.53. The highest BCUT2D eigenvalue weighted by Gasteiger charge is 2.35. The fourth-order valence-corrected chi connectivity index (χ4v) is 3.19. The summed E-state index contributed by atoms with van der Waals surface area (Å²) in [6.45, 7) is 8.08. The lowest BCUT2D eigenvalue weighted by atomic mass is 9.79. The van der Waals surface area contributed by atoms with Crippen molar-refractivity contribution in [2.75, 3.05) is 19.8 Å². The molecule has 0 aliphatic carbocycles. The number of carbonyl (C=O) groups excluding carboxylic acids is 1. The maximum absolute atomic E-state index is 12.1. The fraction of sp³-hybridized carbons (Fsp3) is 0.933. The van der Waals surface area contributed by atoms with Crippen molar-refractivity contribution in [1.29, 1.82) is 0 Å². The van der Waals surface area contributed by atoms with Gasteiger partial charge in [0.05, 0.1) is 6.17 Å². The van der Waals surface area contributed by atoms with Crippen LogP contribution in [0.5, 0.6) is 0 Å². The van der Waals surface area contributed by atoms with E-state index in [9.17, 15) is 4.79 Å². The Morgan fingerprint density at radius 2 is 1.85 bits per heavy atom. The van der Waals surface area contributed by atoms with Crippen molar-refractivity contribution in [2.24, 2.45) is 17.6 Å². The van der Waals surface area contributed by atoms with Gasteiger partial charge in [-0.25, -0.2) is 4.79 Å². The Bertz CT molecular complexity index is 335. The van der Waals surface area contributed by atoms with Gasteiger partial charge in [-0.2, -0.15) is 0 Å². The predicted molar refractivity (Wildman–Crippen MR) is 77.2 cm³/mol. The van der Waals surface area contributed by atoms with Crippen LogP contribution in [0.4, 0.5) is 4.79 Å². The molecule has 116 valence electrons. The van der Waals surface area contributed by atoms with E-state index in [0.29, 0.717) is 18.4 Å². The number of ether oxygens (including phenoxy) is 2. The molecule has 2 aliphatic rings. The number of piperidine rings is 1. The minimum absolute atomic E-state index is 0.216. The molecule has 0 radical (unpaired) electrons. The Morgan fingerprint density at radius 1 is 1.20 bits per heavy atom. The third-order valence-electron chi connectivity index (χ3n) is 4.25. The highest BCUT2D eigenvalue weighted by molar-refractivity contribution is 5.68. The number of nitrogens with zero attached hydrogens (tertiary/aromatic N) is 1. The van der Waals surface area contributed by atoms with E-state index in [2.05, 4.69) is 0 Å². The summed E-state index contributed by atoms with van der Waals surface area (Å²) >= 11 is 0. The van der Waals surface area contributed by atoms with Crippen molar-refractivity contribution in [3.63, 3.8) is 0 Å². The van der Waals surface area contributed by atoms with Gasteiger partial charge < -0.3 is 15.2 Å². The second-order valence-corrected chi connectivity index (χ2v) is 6.98. The van der Waals surface area contributed by atoms with Crippen LogP contribution in [0.25, 0.3) is 0 Å². The smallest absolute Gasteiger partial charge is 0.411 e. The van der Waals surface area contributed by atoms with E-state index in [1.807, 2.05) is 20.8 Å². The third kappa shape index (κ3) is 4.09. The Morgan fingerprint density at radius 3 is 2.40 bits per heavy atom. The van der Waals surface area contributed by atoms with Crippen molar-refractivity contribution in [3.05, 3.63) is 0 Å². The Kier molecular flexibility index (Phi) is 4.91. The summed E-state index contributed by atoms with van der Waals surface area (Å²) in [6, 6.07) is 0. The van der Waals surface area contributed by atoms with Crippen LogP contribution in [-0.2, 0) is 9.47 Å². The van der Waals surface area contributed by atoms with Crippen molar-refractivity contribution in [1.82, 2.24) is 4.90 Å². The highest BCUT2D eigenvalue weighted by Crippen LogP contribution is 2.33. The zero-order valence-electron chi connectivity index (χ0n) is 12.9. The van der Waals surface area contributed by atoms with Gasteiger partial charge in [-0.15, -0.1) is 0 Å². The van der Waals surface area contributed by atoms with Gasteiger partial charge in [0.25, 0.3) is 0 Å². The molecule has 2 saturated heterocycles. The first-order valence-corrected chi connectivity index (χ1v) is 7.70. The van der Waals surface area contributed by atoms with Gasteiger partial charge in [0.15, 0.2) is 0 Å². The summed E-state index contributed by atoms with van der Waals surface area (Å²) in [5.74, 6) is 1.32. The molecule has 2 heterocycles. The van der Waals surface area contributed by atoms with Crippen LogP contribution in [0.3, 0.4) is 0 Å². The molecular weight excluding hydrogens is 256 g/mol. The highest BCUT2D eigenvalue weighted by atomic mass is 16.6. The Labute approximate surface area is 121 Å². The molecule has 0 spiro atoms. The molecular formula is C15H28N2O3. The average Bonchev–Trinajstić information content (AvgIpc) is 2.37. The number of carbonyl (C=O) groups is 1. The molecule has 2 rings (SSSR count). The molecule has 2 unspecified atom stereocenters. The first-order valence-electron chi connectivity index (χ1n) is 7.70. The standard InChI is InChI=1S/C15H28N2O3/c1-15(2,3)20-14(18)17-7-4-12(10-13(17)16)11-5-8-19-9-6-11/h11-13H,4-10,16H2,1-3H3. The van der Waals surface area contributed by atoms with Crippen LogP contribution in [0.1, 0.15) is 46.5 Å². The molecule has 2 aliphatic heterocycles. The molecule has 0 aromatic heterocycles. The number of amides is 1. The van der Waals surface area contributed by atoms with Crippen molar-refractivity contribution in [2.45, 2.75) is 58.2 Å². The van der Waals surface area contributed by atoms with Crippen LogP contribution >= 0.6 is 0 Å². The first kappa shape index (κ1) is 15.6. The van der Waals surface area contributed by atoms with E-state index in [4.69, 9.17) is 15.2 Å². The monoisotopic (exact) mass is 284 g/mol. The van der Waals surface area contributed by atoms with Crippen molar-refractivity contribution in [3.8, 4) is 0 Å². The quantitative estimate of drug-likeness (QED) is 0.802. The predicted octanol–water partition coefficient (Wildman–Crippen LogP) is 2.34. The first-order chi connectivity index (χ1) is 9.37. The minimum atomic E-state index is -0.464. The van der Waals surface area contributed by atoms with E-state index in [1.165, 1.54) is 0 Å². The van der Waals surface area contributed by atoms with Gasteiger partial charge in [0, 0.05) is 19.8 Å². The van der Waals surface area contributed by atoms with Gasteiger partial charge in [-0.05, 0) is 58.3 Å². The normalized spacial score (nSPS) is 29.3. The maximum Gasteiger partial charge on any atom is 0.411 e. The van der Waals surface area contributed by atoms with Gasteiger partial charge in [-0.1, -0.05) is 0 Å². The molecule has 0 saturated carbocycles. The molecule has 2 atom stereocenters. The lowest BCUT2D eigenvalue weighted by Gasteiger charge is -2.41. The SMILES string of the molecule is CC(C)(C)OC(=O)N1CCC(C2CCOCC2)CC1N. The van der Waals surface area contributed by atoms with E-state index in [-0.39, 0.29) is 12.3 Å². The summed E-state index contributed by atoms with van der Waals surface area (Å²) < 4.78 is 10.8. The molecule has 5 heteroatoms. The van der Waals surface area contributed by atoms with Crippen LogP contribution in [-0.4, -0.2) is 42.5 Å². The maximum atomic E-state index is 12.1. The zero-order chi connectivity index (χ0) is 14.8. The van der Waals surface area contributed by atoms with Crippen LogP contribution in [0.2, 0.25) is 0 Å². The summed E-state index contributed by atoms with van der Waals surface area (Å²) in [6.07, 6.45) is 3.66. The van der Waals surface area contributed by atoms with E-state index in [0.717, 1.165) is 38.9 Å². The second-order valence-electron chi connectivity index (χ2n) is 6.98. The minimum Gasteiger partial charge on any atom is -0.444 e.